The maximum atomic E-state index is 5.84. The summed E-state index contributed by atoms with van der Waals surface area (Å²) < 4.78 is 0. The van der Waals surface area contributed by atoms with Gasteiger partial charge >= 0.3 is 0 Å². The molecule has 0 bridgehead atoms. The van der Waals surface area contributed by atoms with Crippen molar-refractivity contribution in [1.82, 2.24) is 4.98 Å². The Morgan fingerprint density at radius 3 is 2.89 bits per heavy atom. The monoisotopic (exact) mass is 278 g/mol. The number of nitrogens with two attached hydrogens (primary N) is 1. The lowest BCUT2D eigenvalue weighted by Crippen LogP contribution is -2.18. The topological polar surface area (TPSA) is 38.9 Å². The van der Waals surface area contributed by atoms with E-state index in [1.165, 1.54) is 41.8 Å². The highest BCUT2D eigenvalue weighted by molar-refractivity contribution is 7.99. The van der Waals surface area contributed by atoms with E-state index in [0.29, 0.717) is 0 Å². The highest BCUT2D eigenvalue weighted by atomic mass is 32.2. The Labute approximate surface area is 121 Å². The van der Waals surface area contributed by atoms with Gasteiger partial charge in [0.15, 0.2) is 0 Å². The summed E-state index contributed by atoms with van der Waals surface area (Å²) in [5.41, 5.74) is 8.41. The quantitative estimate of drug-likeness (QED) is 0.906. The zero-order valence-corrected chi connectivity index (χ0v) is 13.2. The van der Waals surface area contributed by atoms with Crippen molar-refractivity contribution in [2.24, 2.45) is 11.7 Å². The Kier molecular flexibility index (Phi) is 5.28. The standard InChI is InChI=1S/C16H26N2S/c1-11-5-4-6-15(7-11)19-16-12(2)8-14(10-18-16)9-13(3)17/h8,10-11,13,15H,4-7,9,17H2,1-3H3. The smallest absolute Gasteiger partial charge is 0.0991 e. The molecule has 2 nitrogen and oxygen atoms in total. The fourth-order valence-electron chi connectivity index (χ4n) is 2.87. The lowest BCUT2D eigenvalue weighted by molar-refractivity contribution is 0.394. The van der Waals surface area contributed by atoms with Crippen LogP contribution in [0.25, 0.3) is 0 Å². The third-order valence-corrected chi connectivity index (χ3v) is 5.22. The molecule has 0 aromatic carbocycles. The molecule has 3 heteroatoms. The molecule has 3 atom stereocenters. The highest BCUT2D eigenvalue weighted by Gasteiger charge is 2.20. The Balaban J connectivity index is 2.00. The largest absolute Gasteiger partial charge is 0.328 e. The molecule has 0 radical (unpaired) electrons. The molecule has 1 saturated carbocycles. The number of pyridine rings is 1. The first kappa shape index (κ1) is 14.9. The van der Waals surface area contributed by atoms with Crippen LogP contribution in [0.1, 0.15) is 50.7 Å². The van der Waals surface area contributed by atoms with Crippen molar-refractivity contribution in [3.8, 4) is 0 Å². The van der Waals surface area contributed by atoms with Crippen LogP contribution in [0.15, 0.2) is 17.3 Å². The van der Waals surface area contributed by atoms with Crippen LogP contribution < -0.4 is 5.73 Å². The van der Waals surface area contributed by atoms with Crippen molar-refractivity contribution in [2.45, 2.75) is 69.2 Å². The van der Waals surface area contributed by atoms with E-state index < -0.39 is 0 Å². The fraction of sp³-hybridized carbons (Fsp3) is 0.688. The number of hydrogen-bond acceptors (Lipinski definition) is 3. The van der Waals surface area contributed by atoms with Crippen LogP contribution in [0.5, 0.6) is 0 Å². The van der Waals surface area contributed by atoms with Gasteiger partial charge in [-0.1, -0.05) is 25.8 Å². The SMILES string of the molecule is Cc1cc(CC(C)N)cnc1SC1CCCC(C)C1. The second-order valence-corrected chi connectivity index (χ2v) is 7.45. The number of nitrogens with zero attached hydrogens (tertiary/aromatic N) is 1. The van der Waals surface area contributed by atoms with Crippen molar-refractivity contribution in [3.05, 3.63) is 23.4 Å². The van der Waals surface area contributed by atoms with Gasteiger partial charge in [0, 0.05) is 17.5 Å². The van der Waals surface area contributed by atoms with Gasteiger partial charge in [-0.3, -0.25) is 0 Å². The molecule has 1 aromatic heterocycles. The van der Waals surface area contributed by atoms with E-state index in [2.05, 4.69) is 24.9 Å². The first-order valence-electron chi connectivity index (χ1n) is 7.42. The minimum absolute atomic E-state index is 0.207. The third kappa shape index (κ3) is 4.50. The number of hydrogen-bond donors (Lipinski definition) is 1. The van der Waals surface area contributed by atoms with Crippen molar-refractivity contribution in [2.75, 3.05) is 0 Å². The Morgan fingerprint density at radius 2 is 2.26 bits per heavy atom. The summed E-state index contributed by atoms with van der Waals surface area (Å²) in [7, 11) is 0. The highest BCUT2D eigenvalue weighted by Crippen LogP contribution is 2.36. The van der Waals surface area contributed by atoms with Gasteiger partial charge in [-0.15, -0.1) is 11.8 Å². The fourth-order valence-corrected chi connectivity index (χ4v) is 4.25. The van der Waals surface area contributed by atoms with Gasteiger partial charge in [0.1, 0.15) is 0 Å². The molecule has 1 aliphatic rings. The van der Waals surface area contributed by atoms with Crippen LogP contribution in [0.4, 0.5) is 0 Å². The molecule has 1 heterocycles. The van der Waals surface area contributed by atoms with Crippen LogP contribution in [0.2, 0.25) is 0 Å². The minimum atomic E-state index is 0.207. The van der Waals surface area contributed by atoms with Gasteiger partial charge in [-0.25, -0.2) is 4.98 Å². The van der Waals surface area contributed by atoms with E-state index >= 15 is 0 Å². The van der Waals surface area contributed by atoms with E-state index in [4.69, 9.17) is 5.73 Å². The number of aromatic nitrogens is 1. The Hall–Kier alpha value is -0.540. The molecule has 2 rings (SSSR count). The van der Waals surface area contributed by atoms with E-state index in [9.17, 15) is 0 Å². The van der Waals surface area contributed by atoms with E-state index in [1.807, 2.05) is 24.9 Å². The predicted octanol–water partition coefficient (Wildman–Crippen LogP) is 3.95. The van der Waals surface area contributed by atoms with Gasteiger partial charge < -0.3 is 5.73 Å². The van der Waals surface area contributed by atoms with Gasteiger partial charge in [0.05, 0.1) is 5.03 Å². The van der Waals surface area contributed by atoms with Gasteiger partial charge in [0.25, 0.3) is 0 Å². The van der Waals surface area contributed by atoms with Crippen LogP contribution in [0, 0.1) is 12.8 Å². The molecular formula is C16H26N2S. The molecular weight excluding hydrogens is 252 g/mol. The molecule has 0 amide bonds. The summed E-state index contributed by atoms with van der Waals surface area (Å²) in [6.07, 6.45) is 8.38. The van der Waals surface area contributed by atoms with E-state index in [1.54, 1.807) is 0 Å². The molecule has 0 aliphatic heterocycles. The van der Waals surface area contributed by atoms with Crippen LogP contribution in [-0.2, 0) is 6.42 Å². The summed E-state index contributed by atoms with van der Waals surface area (Å²) >= 11 is 1.98. The average Bonchev–Trinajstić information content (AvgIpc) is 2.32. The summed E-state index contributed by atoms with van der Waals surface area (Å²) in [4.78, 5) is 4.66. The van der Waals surface area contributed by atoms with Crippen molar-refractivity contribution < 1.29 is 0 Å². The van der Waals surface area contributed by atoms with E-state index in [-0.39, 0.29) is 6.04 Å². The average molecular weight is 278 g/mol. The normalized spacial score (nSPS) is 25.3. The maximum absolute atomic E-state index is 5.84. The van der Waals surface area contributed by atoms with Crippen LogP contribution in [-0.4, -0.2) is 16.3 Å². The Morgan fingerprint density at radius 1 is 1.47 bits per heavy atom. The summed E-state index contributed by atoms with van der Waals surface area (Å²) in [5.74, 6) is 0.879. The molecule has 1 aliphatic carbocycles. The Bertz CT molecular complexity index is 417. The van der Waals surface area contributed by atoms with E-state index in [0.717, 1.165) is 17.6 Å². The van der Waals surface area contributed by atoms with Crippen molar-refractivity contribution in [3.63, 3.8) is 0 Å². The molecule has 1 aromatic rings. The zero-order chi connectivity index (χ0) is 13.8. The van der Waals surface area contributed by atoms with Gasteiger partial charge in [0.2, 0.25) is 0 Å². The van der Waals surface area contributed by atoms with Crippen LogP contribution >= 0.6 is 11.8 Å². The number of rotatable bonds is 4. The summed E-state index contributed by atoms with van der Waals surface area (Å²) in [5, 5.41) is 1.97. The summed E-state index contributed by atoms with van der Waals surface area (Å²) in [6, 6.07) is 2.46. The van der Waals surface area contributed by atoms with Gasteiger partial charge in [-0.2, -0.15) is 0 Å². The molecule has 0 saturated heterocycles. The van der Waals surface area contributed by atoms with Crippen LogP contribution in [0.3, 0.4) is 0 Å². The molecule has 106 valence electrons. The lowest BCUT2D eigenvalue weighted by atomic mass is 9.91. The summed E-state index contributed by atoms with van der Waals surface area (Å²) in [6.45, 7) is 6.59. The first-order valence-corrected chi connectivity index (χ1v) is 8.30. The molecule has 1 fully saturated rings. The molecule has 2 N–H and O–H groups in total. The zero-order valence-electron chi connectivity index (χ0n) is 12.4. The lowest BCUT2D eigenvalue weighted by Gasteiger charge is -2.26. The second-order valence-electron chi connectivity index (χ2n) is 6.16. The molecule has 19 heavy (non-hydrogen) atoms. The first-order chi connectivity index (χ1) is 9.04. The maximum Gasteiger partial charge on any atom is 0.0991 e. The van der Waals surface area contributed by atoms with Gasteiger partial charge in [-0.05, 0) is 50.2 Å². The predicted molar refractivity (Wildman–Crippen MR) is 83.6 cm³/mol. The van der Waals surface area contributed by atoms with Crippen molar-refractivity contribution in [1.29, 1.82) is 0 Å². The third-order valence-electron chi connectivity index (χ3n) is 3.81. The minimum Gasteiger partial charge on any atom is -0.328 e. The number of aryl methyl sites for hydroxylation is 1. The molecule has 3 unspecified atom stereocenters. The molecule has 0 spiro atoms. The number of thioether (sulfide) groups is 1. The van der Waals surface area contributed by atoms with Crippen molar-refractivity contribution >= 4 is 11.8 Å². The second kappa shape index (κ2) is 6.76.